The van der Waals surface area contributed by atoms with Crippen molar-refractivity contribution in [1.82, 2.24) is 10.6 Å². The number of carbonyl (C=O) groups excluding carboxylic acids is 2. The lowest BCUT2D eigenvalue weighted by molar-refractivity contribution is -0.122. The Morgan fingerprint density at radius 1 is 1.30 bits per heavy atom. The van der Waals surface area contributed by atoms with Crippen LogP contribution in [0.2, 0.25) is 5.02 Å². The molecule has 20 heavy (non-hydrogen) atoms. The first-order valence-electron chi connectivity index (χ1n) is 6.33. The molecule has 0 fully saturated rings. The molecule has 0 aliphatic carbocycles. The molecule has 1 rings (SSSR count). The Labute approximate surface area is 123 Å². The van der Waals surface area contributed by atoms with Crippen LogP contribution in [0.4, 0.5) is 5.69 Å². The number of nitrogen functional groups attached to an aromatic ring is 1. The van der Waals surface area contributed by atoms with Crippen molar-refractivity contribution in [3.8, 4) is 0 Å². The summed E-state index contributed by atoms with van der Waals surface area (Å²) in [6, 6.07) is 4.66. The van der Waals surface area contributed by atoms with Crippen molar-refractivity contribution >= 4 is 29.1 Å². The highest BCUT2D eigenvalue weighted by atomic mass is 35.5. The van der Waals surface area contributed by atoms with Crippen molar-refractivity contribution in [1.29, 1.82) is 0 Å². The molecule has 0 radical (unpaired) electrons. The van der Waals surface area contributed by atoms with Crippen molar-refractivity contribution in [2.24, 2.45) is 0 Å². The molecule has 4 N–H and O–H groups in total. The predicted octanol–water partition coefficient (Wildman–Crippen LogP) is 1.96. The third-order valence-electron chi connectivity index (χ3n) is 2.41. The molecule has 5 nitrogen and oxygen atoms in total. The lowest BCUT2D eigenvalue weighted by Gasteiger charge is -2.20. The lowest BCUT2D eigenvalue weighted by Crippen LogP contribution is -2.41. The Morgan fingerprint density at radius 2 is 1.95 bits per heavy atom. The summed E-state index contributed by atoms with van der Waals surface area (Å²) in [5, 5.41) is 5.82. The maximum atomic E-state index is 11.8. The molecule has 0 aliphatic heterocycles. The van der Waals surface area contributed by atoms with Gasteiger partial charge in [0.2, 0.25) is 5.91 Å². The van der Waals surface area contributed by atoms with Crippen LogP contribution in [0.15, 0.2) is 18.2 Å². The average molecular weight is 298 g/mol. The fourth-order valence-corrected chi connectivity index (χ4v) is 1.72. The number of amides is 2. The zero-order valence-electron chi connectivity index (χ0n) is 11.9. The summed E-state index contributed by atoms with van der Waals surface area (Å²) in [6.07, 6.45) is 0.228. The summed E-state index contributed by atoms with van der Waals surface area (Å²) in [5.41, 5.74) is 6.14. The van der Waals surface area contributed by atoms with Crippen molar-refractivity contribution in [3.63, 3.8) is 0 Å². The summed E-state index contributed by atoms with van der Waals surface area (Å²) in [6.45, 7) is 5.97. The van der Waals surface area contributed by atoms with Gasteiger partial charge in [-0.15, -0.1) is 0 Å². The summed E-state index contributed by atoms with van der Waals surface area (Å²) in [4.78, 5) is 23.4. The second kappa shape index (κ2) is 6.61. The maximum Gasteiger partial charge on any atom is 0.251 e. The van der Waals surface area contributed by atoms with Gasteiger partial charge in [-0.1, -0.05) is 11.6 Å². The molecule has 110 valence electrons. The van der Waals surface area contributed by atoms with E-state index in [1.807, 2.05) is 20.8 Å². The molecule has 1 aromatic carbocycles. The van der Waals surface area contributed by atoms with Crippen LogP contribution in [0, 0.1) is 0 Å². The molecule has 0 aromatic heterocycles. The molecule has 0 saturated carbocycles. The SMILES string of the molecule is CC(C)(C)NC(=O)CCNC(=O)c1ccc(N)c(Cl)c1. The minimum Gasteiger partial charge on any atom is -0.398 e. The summed E-state index contributed by atoms with van der Waals surface area (Å²) in [7, 11) is 0. The number of anilines is 1. The fraction of sp³-hybridized carbons (Fsp3) is 0.429. The second-order valence-electron chi connectivity index (χ2n) is 5.54. The number of nitrogens with one attached hydrogen (secondary N) is 2. The summed E-state index contributed by atoms with van der Waals surface area (Å²) >= 11 is 5.85. The van der Waals surface area contributed by atoms with E-state index in [2.05, 4.69) is 10.6 Å². The molecule has 0 aliphatic rings. The lowest BCUT2D eigenvalue weighted by atomic mass is 10.1. The Balaban J connectivity index is 2.44. The number of halogens is 1. The maximum absolute atomic E-state index is 11.8. The molecule has 0 bridgehead atoms. The van der Waals surface area contributed by atoms with E-state index in [-0.39, 0.29) is 30.3 Å². The van der Waals surface area contributed by atoms with Crippen LogP contribution >= 0.6 is 11.6 Å². The van der Waals surface area contributed by atoms with E-state index in [9.17, 15) is 9.59 Å². The van der Waals surface area contributed by atoms with Crippen LogP contribution in [0.3, 0.4) is 0 Å². The molecule has 0 saturated heterocycles. The van der Waals surface area contributed by atoms with E-state index in [1.54, 1.807) is 12.1 Å². The molecule has 0 heterocycles. The van der Waals surface area contributed by atoms with Gasteiger partial charge in [0.15, 0.2) is 0 Å². The Morgan fingerprint density at radius 3 is 2.50 bits per heavy atom. The van der Waals surface area contributed by atoms with E-state index in [0.717, 1.165) is 0 Å². The topological polar surface area (TPSA) is 84.2 Å². The van der Waals surface area contributed by atoms with Gasteiger partial charge in [0.05, 0.1) is 10.7 Å². The molecule has 0 unspecified atom stereocenters. The molecular weight excluding hydrogens is 278 g/mol. The first-order valence-corrected chi connectivity index (χ1v) is 6.71. The normalized spacial score (nSPS) is 11.0. The zero-order valence-corrected chi connectivity index (χ0v) is 12.7. The number of benzene rings is 1. The number of hydrogen-bond acceptors (Lipinski definition) is 3. The van der Waals surface area contributed by atoms with Crippen LogP contribution in [0.1, 0.15) is 37.6 Å². The molecule has 1 aromatic rings. The van der Waals surface area contributed by atoms with Gasteiger partial charge in [-0.3, -0.25) is 9.59 Å². The summed E-state index contributed by atoms with van der Waals surface area (Å²) < 4.78 is 0. The van der Waals surface area contributed by atoms with Crippen LogP contribution < -0.4 is 16.4 Å². The van der Waals surface area contributed by atoms with Gasteiger partial charge in [0, 0.05) is 24.1 Å². The first kappa shape index (κ1) is 16.3. The Kier molecular flexibility index (Phi) is 5.39. The highest BCUT2D eigenvalue weighted by Gasteiger charge is 2.14. The molecule has 0 atom stereocenters. The minimum atomic E-state index is -0.282. The molecule has 6 heteroatoms. The van der Waals surface area contributed by atoms with Gasteiger partial charge in [-0.25, -0.2) is 0 Å². The van der Waals surface area contributed by atoms with Crippen molar-refractivity contribution in [3.05, 3.63) is 28.8 Å². The minimum absolute atomic E-state index is 0.104. The van der Waals surface area contributed by atoms with Crippen LogP contribution in [0.5, 0.6) is 0 Å². The van der Waals surface area contributed by atoms with Gasteiger partial charge in [0.1, 0.15) is 0 Å². The zero-order chi connectivity index (χ0) is 15.3. The van der Waals surface area contributed by atoms with E-state index in [1.165, 1.54) is 6.07 Å². The first-order chi connectivity index (χ1) is 9.19. The Hall–Kier alpha value is -1.75. The number of rotatable bonds is 4. The average Bonchev–Trinajstić information content (AvgIpc) is 2.30. The fourth-order valence-electron chi connectivity index (χ4n) is 1.54. The van der Waals surface area contributed by atoms with Gasteiger partial charge in [-0.05, 0) is 39.0 Å². The monoisotopic (exact) mass is 297 g/mol. The molecule has 2 amide bonds. The Bertz CT molecular complexity index is 510. The van der Waals surface area contributed by atoms with E-state index in [4.69, 9.17) is 17.3 Å². The standard InChI is InChI=1S/C14H20ClN3O2/c1-14(2,3)18-12(19)6-7-17-13(20)9-4-5-11(16)10(15)8-9/h4-5,8H,6-7,16H2,1-3H3,(H,17,20)(H,18,19). The van der Waals surface area contributed by atoms with Gasteiger partial charge in [-0.2, -0.15) is 0 Å². The van der Waals surface area contributed by atoms with Gasteiger partial charge < -0.3 is 16.4 Å². The third-order valence-corrected chi connectivity index (χ3v) is 2.74. The van der Waals surface area contributed by atoms with E-state index >= 15 is 0 Å². The highest BCUT2D eigenvalue weighted by Crippen LogP contribution is 2.19. The summed E-state index contributed by atoms with van der Waals surface area (Å²) in [5.74, 6) is -0.386. The second-order valence-corrected chi connectivity index (χ2v) is 5.95. The van der Waals surface area contributed by atoms with Crippen LogP contribution in [0.25, 0.3) is 0 Å². The number of hydrogen-bond donors (Lipinski definition) is 3. The van der Waals surface area contributed by atoms with Gasteiger partial charge in [0.25, 0.3) is 5.91 Å². The van der Waals surface area contributed by atoms with Crippen molar-refractivity contribution in [2.45, 2.75) is 32.7 Å². The van der Waals surface area contributed by atoms with Crippen molar-refractivity contribution in [2.75, 3.05) is 12.3 Å². The number of carbonyl (C=O) groups is 2. The predicted molar refractivity (Wildman–Crippen MR) is 80.7 cm³/mol. The third kappa shape index (κ3) is 5.48. The van der Waals surface area contributed by atoms with Crippen LogP contribution in [-0.4, -0.2) is 23.9 Å². The molecular formula is C14H20ClN3O2. The number of nitrogens with two attached hydrogens (primary N) is 1. The van der Waals surface area contributed by atoms with E-state index in [0.29, 0.717) is 16.3 Å². The smallest absolute Gasteiger partial charge is 0.251 e. The quantitative estimate of drug-likeness (QED) is 0.743. The van der Waals surface area contributed by atoms with Gasteiger partial charge >= 0.3 is 0 Å². The largest absolute Gasteiger partial charge is 0.398 e. The van der Waals surface area contributed by atoms with E-state index < -0.39 is 0 Å². The van der Waals surface area contributed by atoms with Crippen molar-refractivity contribution < 1.29 is 9.59 Å². The molecule has 0 spiro atoms. The van der Waals surface area contributed by atoms with Crippen LogP contribution in [-0.2, 0) is 4.79 Å². The highest BCUT2D eigenvalue weighted by molar-refractivity contribution is 6.33.